The number of ether oxygens (including phenoxy) is 1. The van der Waals surface area contributed by atoms with Crippen molar-refractivity contribution in [2.75, 3.05) is 18.2 Å². The molecular formula is C13H14N2O2S. The monoisotopic (exact) mass is 262 g/mol. The molecule has 0 radical (unpaired) electrons. The highest BCUT2D eigenvalue weighted by molar-refractivity contribution is 7.80. The number of benzene rings is 1. The number of hydrogen-bond donors (Lipinski definition) is 2. The molecule has 0 saturated carbocycles. The van der Waals surface area contributed by atoms with Gasteiger partial charge in [-0.05, 0) is 17.9 Å². The maximum Gasteiger partial charge on any atom is 0.225 e. The molecule has 0 aliphatic rings. The van der Waals surface area contributed by atoms with Gasteiger partial charge >= 0.3 is 0 Å². The van der Waals surface area contributed by atoms with Crippen molar-refractivity contribution in [1.29, 1.82) is 0 Å². The molecule has 1 aromatic heterocycles. The van der Waals surface area contributed by atoms with Crippen LogP contribution in [0.4, 0.5) is 5.69 Å². The largest absolute Gasteiger partial charge is 0.497 e. The molecule has 0 bridgehead atoms. The van der Waals surface area contributed by atoms with Crippen LogP contribution in [0, 0.1) is 0 Å². The van der Waals surface area contributed by atoms with E-state index in [0.29, 0.717) is 23.6 Å². The van der Waals surface area contributed by atoms with Gasteiger partial charge in [-0.15, -0.1) is 0 Å². The van der Waals surface area contributed by atoms with E-state index in [0.717, 1.165) is 10.9 Å². The number of methoxy groups -OCH3 is 1. The molecule has 1 N–H and O–H groups in total. The number of anilines is 1. The lowest BCUT2D eigenvalue weighted by Crippen LogP contribution is -2.12. The van der Waals surface area contributed by atoms with E-state index in [1.807, 2.05) is 18.2 Å². The first-order valence-electron chi connectivity index (χ1n) is 5.58. The highest BCUT2D eigenvalue weighted by Crippen LogP contribution is 2.27. The van der Waals surface area contributed by atoms with Gasteiger partial charge in [-0.2, -0.15) is 12.6 Å². The van der Waals surface area contributed by atoms with Crippen LogP contribution in [0.15, 0.2) is 30.5 Å². The second-order valence-electron chi connectivity index (χ2n) is 3.77. The summed E-state index contributed by atoms with van der Waals surface area (Å²) in [6.07, 6.45) is 2.07. The molecule has 0 spiro atoms. The maximum atomic E-state index is 11.6. The zero-order chi connectivity index (χ0) is 13.0. The third kappa shape index (κ3) is 2.73. The minimum atomic E-state index is -0.0785. The zero-order valence-electron chi connectivity index (χ0n) is 10.0. The highest BCUT2D eigenvalue weighted by Gasteiger charge is 2.08. The van der Waals surface area contributed by atoms with Crippen LogP contribution in [-0.4, -0.2) is 23.8 Å². The van der Waals surface area contributed by atoms with E-state index >= 15 is 0 Å². The van der Waals surface area contributed by atoms with Crippen molar-refractivity contribution in [3.05, 3.63) is 30.5 Å². The average molecular weight is 262 g/mol. The van der Waals surface area contributed by atoms with Crippen LogP contribution in [0.25, 0.3) is 10.9 Å². The Morgan fingerprint density at radius 1 is 1.50 bits per heavy atom. The number of nitrogens with one attached hydrogen (secondary N) is 1. The van der Waals surface area contributed by atoms with Gasteiger partial charge in [0.1, 0.15) is 5.75 Å². The third-order valence-corrected chi connectivity index (χ3v) is 2.75. The van der Waals surface area contributed by atoms with Gasteiger partial charge < -0.3 is 10.1 Å². The number of nitrogens with zero attached hydrogens (tertiary/aromatic N) is 1. The second-order valence-corrected chi connectivity index (χ2v) is 4.22. The van der Waals surface area contributed by atoms with Crippen LogP contribution in [0.2, 0.25) is 0 Å². The van der Waals surface area contributed by atoms with Gasteiger partial charge in [0.25, 0.3) is 0 Å². The molecule has 2 aromatic rings. The number of pyridine rings is 1. The molecule has 0 unspecified atom stereocenters. The Morgan fingerprint density at radius 3 is 3.06 bits per heavy atom. The lowest BCUT2D eigenvalue weighted by atomic mass is 10.1. The molecule has 4 nitrogen and oxygen atoms in total. The van der Waals surface area contributed by atoms with E-state index in [9.17, 15) is 4.79 Å². The van der Waals surface area contributed by atoms with Crippen molar-refractivity contribution in [3.8, 4) is 5.75 Å². The summed E-state index contributed by atoms with van der Waals surface area (Å²) >= 11 is 4.04. The fourth-order valence-electron chi connectivity index (χ4n) is 1.69. The van der Waals surface area contributed by atoms with Crippen LogP contribution >= 0.6 is 12.6 Å². The number of aromatic nitrogens is 1. The molecular weight excluding hydrogens is 248 g/mol. The number of fused-ring (bicyclic) bond motifs is 1. The molecule has 0 saturated heterocycles. The lowest BCUT2D eigenvalue weighted by molar-refractivity contribution is -0.115. The van der Waals surface area contributed by atoms with E-state index in [4.69, 9.17) is 4.74 Å². The van der Waals surface area contributed by atoms with Gasteiger partial charge in [0.05, 0.1) is 18.3 Å². The number of amides is 1. The summed E-state index contributed by atoms with van der Waals surface area (Å²) in [6, 6.07) is 7.43. The van der Waals surface area contributed by atoms with Gasteiger partial charge in [-0.25, -0.2) is 0 Å². The molecule has 0 aliphatic heterocycles. The van der Waals surface area contributed by atoms with Gasteiger partial charge in [0.2, 0.25) is 5.91 Å². The van der Waals surface area contributed by atoms with Crippen molar-refractivity contribution in [1.82, 2.24) is 4.98 Å². The quantitative estimate of drug-likeness (QED) is 0.832. The minimum Gasteiger partial charge on any atom is -0.497 e. The van der Waals surface area contributed by atoms with E-state index in [2.05, 4.69) is 22.9 Å². The van der Waals surface area contributed by atoms with E-state index < -0.39 is 0 Å². The zero-order valence-corrected chi connectivity index (χ0v) is 10.9. The summed E-state index contributed by atoms with van der Waals surface area (Å²) in [4.78, 5) is 15.9. The van der Waals surface area contributed by atoms with Crippen LogP contribution in [0.5, 0.6) is 5.75 Å². The molecule has 0 aliphatic carbocycles. The number of rotatable bonds is 4. The maximum absolute atomic E-state index is 11.6. The predicted molar refractivity (Wildman–Crippen MR) is 75.4 cm³/mol. The molecule has 0 fully saturated rings. The Labute approximate surface area is 111 Å². The van der Waals surface area contributed by atoms with Crippen molar-refractivity contribution >= 4 is 35.1 Å². The highest BCUT2D eigenvalue weighted by atomic mass is 32.1. The topological polar surface area (TPSA) is 51.2 Å². The lowest BCUT2D eigenvalue weighted by Gasteiger charge is -2.10. The summed E-state index contributed by atoms with van der Waals surface area (Å²) < 4.78 is 5.21. The average Bonchev–Trinajstić information content (AvgIpc) is 2.38. The summed E-state index contributed by atoms with van der Waals surface area (Å²) in [7, 11) is 1.59. The Bertz CT molecular complexity index is 572. The molecule has 5 heteroatoms. The number of thiol groups is 1. The Balaban J connectivity index is 2.43. The molecule has 0 atom stereocenters. The van der Waals surface area contributed by atoms with Crippen LogP contribution in [-0.2, 0) is 4.79 Å². The Kier molecular flexibility index (Phi) is 4.04. The summed E-state index contributed by atoms with van der Waals surface area (Å²) in [5, 5.41) is 3.76. The predicted octanol–water partition coefficient (Wildman–Crippen LogP) is 2.50. The van der Waals surface area contributed by atoms with Gasteiger partial charge in [0, 0.05) is 24.1 Å². The Morgan fingerprint density at radius 2 is 2.33 bits per heavy atom. The molecule has 1 amide bonds. The van der Waals surface area contributed by atoms with Crippen molar-refractivity contribution in [3.63, 3.8) is 0 Å². The summed E-state index contributed by atoms with van der Waals surface area (Å²) in [6.45, 7) is 0. The van der Waals surface area contributed by atoms with Crippen molar-refractivity contribution in [2.24, 2.45) is 0 Å². The van der Waals surface area contributed by atoms with E-state index in [1.54, 1.807) is 19.4 Å². The fourth-order valence-corrected chi connectivity index (χ4v) is 1.90. The molecule has 1 heterocycles. The van der Waals surface area contributed by atoms with E-state index in [-0.39, 0.29) is 5.91 Å². The van der Waals surface area contributed by atoms with Crippen LogP contribution in [0.1, 0.15) is 6.42 Å². The Hall–Kier alpha value is -1.75. The van der Waals surface area contributed by atoms with Gasteiger partial charge in [0.15, 0.2) is 0 Å². The molecule has 2 rings (SSSR count). The van der Waals surface area contributed by atoms with Crippen molar-refractivity contribution < 1.29 is 9.53 Å². The van der Waals surface area contributed by atoms with Gasteiger partial charge in [-0.3, -0.25) is 9.78 Å². The molecule has 94 valence electrons. The number of hydrogen-bond acceptors (Lipinski definition) is 4. The summed E-state index contributed by atoms with van der Waals surface area (Å²) in [5.41, 5.74) is 1.42. The first-order chi connectivity index (χ1) is 8.74. The smallest absolute Gasteiger partial charge is 0.225 e. The summed E-state index contributed by atoms with van der Waals surface area (Å²) in [5.74, 6) is 1.13. The van der Waals surface area contributed by atoms with Crippen LogP contribution in [0.3, 0.4) is 0 Å². The normalized spacial score (nSPS) is 10.3. The standard InChI is InChI=1S/C13H14N2O2S/c1-17-10-7-9-3-2-5-14-13(9)11(8-10)15-12(16)4-6-18/h2-3,5,7-8,18H,4,6H2,1H3,(H,15,16). The first kappa shape index (κ1) is 12.7. The minimum absolute atomic E-state index is 0.0785. The number of carbonyl (C=O) groups excluding carboxylic acids is 1. The number of carbonyl (C=O) groups is 1. The second kappa shape index (κ2) is 5.73. The van der Waals surface area contributed by atoms with Crippen LogP contribution < -0.4 is 10.1 Å². The third-order valence-electron chi connectivity index (χ3n) is 2.53. The van der Waals surface area contributed by atoms with Gasteiger partial charge in [-0.1, -0.05) is 6.07 Å². The first-order valence-corrected chi connectivity index (χ1v) is 6.21. The fraction of sp³-hybridized carbons (Fsp3) is 0.231. The van der Waals surface area contributed by atoms with Crippen molar-refractivity contribution in [2.45, 2.75) is 6.42 Å². The van der Waals surface area contributed by atoms with E-state index in [1.165, 1.54) is 0 Å². The molecule has 18 heavy (non-hydrogen) atoms. The SMILES string of the molecule is COc1cc(NC(=O)CCS)c2ncccc2c1. The molecule has 1 aromatic carbocycles.